The van der Waals surface area contributed by atoms with Gasteiger partial charge in [0, 0.05) is 17.8 Å². The molecule has 1 aliphatic rings. The van der Waals surface area contributed by atoms with Crippen LogP contribution in [0, 0.1) is 6.92 Å². The molecule has 0 radical (unpaired) electrons. The topological polar surface area (TPSA) is 70.8 Å². The lowest BCUT2D eigenvalue weighted by atomic mass is 10.1. The average molecular weight is 410 g/mol. The fraction of sp³-hybridized carbons (Fsp3) is 0.227. The van der Waals surface area contributed by atoms with E-state index in [1.807, 2.05) is 37.3 Å². The molecule has 2 heterocycles. The van der Waals surface area contributed by atoms with Gasteiger partial charge in [0.05, 0.1) is 24.2 Å². The number of benzene rings is 2. The molecular weight excluding hydrogens is 388 g/mol. The third-order valence-corrected chi connectivity index (χ3v) is 6.83. The van der Waals surface area contributed by atoms with Gasteiger partial charge in [-0.05, 0) is 55.8 Å². The zero-order chi connectivity index (χ0) is 20.4. The highest BCUT2D eigenvalue weighted by Gasteiger charge is 2.29. The molecule has 1 aliphatic heterocycles. The van der Waals surface area contributed by atoms with Crippen molar-refractivity contribution in [3.8, 4) is 0 Å². The lowest BCUT2D eigenvalue weighted by Gasteiger charge is -2.23. The van der Waals surface area contributed by atoms with Crippen molar-refractivity contribution in [2.75, 3.05) is 21.5 Å². The standard InChI is InChI=1S/C22H22N2O4S/c1-17-8-10-19(11-9-17)23(16-21-7-3-13-28-21)22(25)18-5-2-6-20(15-18)24-12-4-14-29(24,26)27/h2-3,5-11,13,15H,4,12,14,16H2,1H3. The van der Waals surface area contributed by atoms with Crippen LogP contribution in [0.25, 0.3) is 0 Å². The SMILES string of the molecule is Cc1ccc(N(Cc2ccco2)C(=O)c2cccc(N3CCCS3(=O)=O)c2)cc1. The van der Waals surface area contributed by atoms with Crippen LogP contribution in [-0.2, 0) is 16.6 Å². The van der Waals surface area contributed by atoms with E-state index in [-0.39, 0.29) is 18.2 Å². The van der Waals surface area contributed by atoms with Crippen LogP contribution in [0.2, 0.25) is 0 Å². The second-order valence-corrected chi connectivity index (χ2v) is 9.11. The zero-order valence-corrected chi connectivity index (χ0v) is 16.9. The van der Waals surface area contributed by atoms with Crippen LogP contribution in [0.4, 0.5) is 11.4 Å². The van der Waals surface area contributed by atoms with Gasteiger partial charge in [0.15, 0.2) is 0 Å². The first kappa shape index (κ1) is 19.3. The molecule has 0 saturated carbocycles. The van der Waals surface area contributed by atoms with E-state index in [2.05, 4.69) is 0 Å². The Kier molecular flexibility index (Phi) is 5.15. The minimum Gasteiger partial charge on any atom is -0.467 e. The van der Waals surface area contributed by atoms with Crippen LogP contribution in [-0.4, -0.2) is 26.6 Å². The van der Waals surface area contributed by atoms with E-state index in [1.54, 1.807) is 41.5 Å². The molecule has 150 valence electrons. The number of anilines is 2. The highest BCUT2D eigenvalue weighted by Crippen LogP contribution is 2.27. The Morgan fingerprint density at radius 3 is 2.55 bits per heavy atom. The maximum absolute atomic E-state index is 13.4. The van der Waals surface area contributed by atoms with Crippen molar-refractivity contribution in [2.45, 2.75) is 19.9 Å². The summed E-state index contributed by atoms with van der Waals surface area (Å²) >= 11 is 0. The summed E-state index contributed by atoms with van der Waals surface area (Å²) in [4.78, 5) is 15.0. The number of amides is 1. The molecule has 0 aliphatic carbocycles. The summed E-state index contributed by atoms with van der Waals surface area (Å²) in [6.07, 6.45) is 2.17. The van der Waals surface area contributed by atoms with Gasteiger partial charge in [-0.3, -0.25) is 9.10 Å². The fourth-order valence-electron chi connectivity index (χ4n) is 3.44. The highest BCUT2D eigenvalue weighted by molar-refractivity contribution is 7.93. The summed E-state index contributed by atoms with van der Waals surface area (Å²) in [7, 11) is -3.31. The largest absolute Gasteiger partial charge is 0.467 e. The normalized spacial score (nSPS) is 15.4. The van der Waals surface area contributed by atoms with E-state index < -0.39 is 10.0 Å². The van der Waals surface area contributed by atoms with Crippen molar-refractivity contribution in [2.24, 2.45) is 0 Å². The first-order valence-corrected chi connectivity index (χ1v) is 11.1. The summed E-state index contributed by atoms with van der Waals surface area (Å²) < 4.78 is 31.3. The molecule has 3 aromatic rings. The second-order valence-electron chi connectivity index (χ2n) is 7.10. The summed E-state index contributed by atoms with van der Waals surface area (Å²) in [6.45, 7) is 2.71. The quantitative estimate of drug-likeness (QED) is 0.638. The number of furan rings is 1. The molecule has 1 amide bonds. The summed E-state index contributed by atoms with van der Waals surface area (Å²) in [5.74, 6) is 0.583. The number of sulfonamides is 1. The van der Waals surface area contributed by atoms with E-state index >= 15 is 0 Å². The van der Waals surface area contributed by atoms with Crippen LogP contribution in [0.1, 0.15) is 28.1 Å². The van der Waals surface area contributed by atoms with E-state index in [0.717, 1.165) is 11.3 Å². The third-order valence-electron chi connectivity index (χ3n) is 4.97. The van der Waals surface area contributed by atoms with Crippen molar-refractivity contribution in [3.05, 3.63) is 83.8 Å². The number of hydrogen-bond donors (Lipinski definition) is 0. The first-order chi connectivity index (χ1) is 13.9. The number of rotatable bonds is 5. The van der Waals surface area contributed by atoms with E-state index in [1.165, 1.54) is 4.31 Å². The Morgan fingerprint density at radius 2 is 1.90 bits per heavy atom. The highest BCUT2D eigenvalue weighted by atomic mass is 32.2. The van der Waals surface area contributed by atoms with Crippen molar-refractivity contribution >= 4 is 27.3 Å². The van der Waals surface area contributed by atoms with Gasteiger partial charge in [0.25, 0.3) is 5.91 Å². The molecule has 1 aromatic heterocycles. The van der Waals surface area contributed by atoms with Gasteiger partial charge in [0.2, 0.25) is 10.0 Å². The number of nitrogens with zero attached hydrogens (tertiary/aromatic N) is 2. The molecule has 0 N–H and O–H groups in total. The maximum atomic E-state index is 13.4. The van der Waals surface area contributed by atoms with Gasteiger partial charge in [-0.25, -0.2) is 8.42 Å². The number of hydrogen-bond acceptors (Lipinski definition) is 4. The van der Waals surface area contributed by atoms with E-state index in [0.29, 0.717) is 30.0 Å². The Labute approximate surface area is 170 Å². The molecule has 4 rings (SSSR count). The summed E-state index contributed by atoms with van der Waals surface area (Å²) in [6, 6.07) is 18.1. The fourth-order valence-corrected chi connectivity index (χ4v) is 5.00. The van der Waals surface area contributed by atoms with Gasteiger partial charge in [-0.1, -0.05) is 23.8 Å². The minimum atomic E-state index is -3.31. The predicted octanol–water partition coefficient (Wildman–Crippen LogP) is 3.97. The lowest BCUT2D eigenvalue weighted by Crippen LogP contribution is -2.31. The molecular formula is C22H22N2O4S. The third kappa shape index (κ3) is 4.05. The zero-order valence-electron chi connectivity index (χ0n) is 16.1. The smallest absolute Gasteiger partial charge is 0.258 e. The minimum absolute atomic E-state index is 0.138. The molecule has 29 heavy (non-hydrogen) atoms. The van der Waals surface area contributed by atoms with Gasteiger partial charge in [0.1, 0.15) is 5.76 Å². The predicted molar refractivity (Wildman–Crippen MR) is 113 cm³/mol. The van der Waals surface area contributed by atoms with Crippen LogP contribution in [0.15, 0.2) is 71.3 Å². The van der Waals surface area contributed by atoms with Gasteiger partial charge < -0.3 is 9.32 Å². The second kappa shape index (κ2) is 7.75. The van der Waals surface area contributed by atoms with E-state index in [9.17, 15) is 13.2 Å². The van der Waals surface area contributed by atoms with Crippen molar-refractivity contribution in [1.29, 1.82) is 0 Å². The Balaban J connectivity index is 1.69. The summed E-state index contributed by atoms with van der Waals surface area (Å²) in [5, 5.41) is 0. The molecule has 0 atom stereocenters. The van der Waals surface area contributed by atoms with Crippen LogP contribution in [0.3, 0.4) is 0 Å². The Bertz CT molecular complexity index is 1110. The van der Waals surface area contributed by atoms with E-state index in [4.69, 9.17) is 4.42 Å². The number of aryl methyl sites for hydroxylation is 1. The molecule has 6 nitrogen and oxygen atoms in total. The van der Waals surface area contributed by atoms with Gasteiger partial charge >= 0.3 is 0 Å². The molecule has 7 heteroatoms. The van der Waals surface area contributed by atoms with Gasteiger partial charge in [-0.15, -0.1) is 0 Å². The van der Waals surface area contributed by atoms with Crippen LogP contribution >= 0.6 is 0 Å². The van der Waals surface area contributed by atoms with Crippen LogP contribution in [0.5, 0.6) is 0 Å². The van der Waals surface area contributed by atoms with Gasteiger partial charge in [-0.2, -0.15) is 0 Å². The average Bonchev–Trinajstić information content (AvgIpc) is 3.35. The molecule has 1 saturated heterocycles. The summed E-state index contributed by atoms with van der Waals surface area (Å²) in [5.41, 5.74) is 2.79. The molecule has 1 fully saturated rings. The Hall–Kier alpha value is -3.06. The number of carbonyl (C=O) groups excluding carboxylic acids is 1. The molecule has 0 bridgehead atoms. The molecule has 0 spiro atoms. The molecule has 2 aromatic carbocycles. The maximum Gasteiger partial charge on any atom is 0.258 e. The van der Waals surface area contributed by atoms with Crippen molar-refractivity contribution in [3.63, 3.8) is 0 Å². The molecule has 0 unspecified atom stereocenters. The Morgan fingerprint density at radius 1 is 1.10 bits per heavy atom. The lowest BCUT2D eigenvalue weighted by molar-refractivity contribution is 0.0983. The van der Waals surface area contributed by atoms with Crippen LogP contribution < -0.4 is 9.21 Å². The first-order valence-electron chi connectivity index (χ1n) is 9.45. The van der Waals surface area contributed by atoms with Crippen molar-refractivity contribution in [1.82, 2.24) is 0 Å². The monoisotopic (exact) mass is 410 g/mol. The number of carbonyl (C=O) groups is 1. The van der Waals surface area contributed by atoms with Crippen molar-refractivity contribution < 1.29 is 17.6 Å².